The zero-order chi connectivity index (χ0) is 13.9. The van der Waals surface area contributed by atoms with E-state index in [1.54, 1.807) is 0 Å². The Kier molecular flexibility index (Phi) is 3.60. The van der Waals surface area contributed by atoms with E-state index in [1.165, 1.54) is 33.8 Å². The van der Waals surface area contributed by atoms with Crippen LogP contribution in [0.2, 0.25) is 0 Å². The Morgan fingerprint density at radius 2 is 1.85 bits per heavy atom. The van der Waals surface area contributed by atoms with Gasteiger partial charge in [-0.15, -0.1) is 0 Å². The normalized spacial score (nSPS) is 13.5. The summed E-state index contributed by atoms with van der Waals surface area (Å²) in [5.41, 5.74) is 3.74. The van der Waals surface area contributed by atoms with Gasteiger partial charge in [0.15, 0.2) is 0 Å². The van der Waals surface area contributed by atoms with E-state index in [4.69, 9.17) is 0 Å². The van der Waals surface area contributed by atoms with Crippen molar-refractivity contribution >= 4 is 27.9 Å². The van der Waals surface area contributed by atoms with Crippen molar-refractivity contribution in [3.05, 3.63) is 54.1 Å². The predicted molar refractivity (Wildman–Crippen MR) is 88.9 cm³/mol. The minimum absolute atomic E-state index is 0.758. The van der Waals surface area contributed by atoms with Crippen LogP contribution in [-0.2, 0) is 0 Å². The lowest BCUT2D eigenvalue weighted by Gasteiger charge is -2.03. The molecule has 3 rings (SSSR count). The number of rotatable bonds is 4. The maximum atomic E-state index is 3.49. The third-order valence-corrected chi connectivity index (χ3v) is 4.10. The van der Waals surface area contributed by atoms with Gasteiger partial charge in [-0.25, -0.2) is 0 Å². The van der Waals surface area contributed by atoms with Crippen LogP contribution in [0.3, 0.4) is 0 Å². The number of hydrogen-bond donors (Lipinski definition) is 1. The minimum Gasteiger partial charge on any atom is -0.354 e. The zero-order valence-electron chi connectivity index (χ0n) is 12.2. The average Bonchev–Trinajstić information content (AvgIpc) is 2.86. The van der Waals surface area contributed by atoms with Gasteiger partial charge in [0.25, 0.3) is 0 Å². The molecular weight excluding hydrogens is 242 g/mol. The summed E-state index contributed by atoms with van der Waals surface area (Å²) in [6.45, 7) is 4.55. The highest BCUT2D eigenvalue weighted by Gasteiger charge is 2.06. The van der Waals surface area contributed by atoms with E-state index < -0.39 is 0 Å². The highest BCUT2D eigenvalue weighted by molar-refractivity contribution is 6.10. The highest BCUT2D eigenvalue weighted by atomic mass is 14.7. The number of allylic oxidation sites excluding steroid dienone is 1. The summed E-state index contributed by atoms with van der Waals surface area (Å²) in [6.07, 6.45) is 6.97. The molecule has 1 N–H and O–H groups in total. The predicted octanol–water partition coefficient (Wildman–Crippen LogP) is 5.77. The van der Waals surface area contributed by atoms with Crippen molar-refractivity contribution in [2.45, 2.75) is 26.7 Å². The van der Waals surface area contributed by atoms with Gasteiger partial charge in [-0.2, -0.15) is 0 Å². The molecule has 0 aliphatic rings. The fraction of sp³-hybridized carbons (Fsp3) is 0.263. The molecule has 20 heavy (non-hydrogen) atoms. The van der Waals surface area contributed by atoms with Gasteiger partial charge in [-0.1, -0.05) is 62.8 Å². The van der Waals surface area contributed by atoms with Crippen LogP contribution in [0.1, 0.15) is 32.3 Å². The molecule has 1 heterocycles. The largest absolute Gasteiger partial charge is 0.354 e. The van der Waals surface area contributed by atoms with Gasteiger partial charge in [-0.3, -0.25) is 0 Å². The van der Waals surface area contributed by atoms with Crippen LogP contribution < -0.4 is 0 Å². The van der Waals surface area contributed by atoms with E-state index >= 15 is 0 Å². The number of fused-ring (bicyclic) bond motifs is 3. The molecule has 1 nitrogen and oxygen atoms in total. The molecule has 102 valence electrons. The van der Waals surface area contributed by atoms with Crippen LogP contribution in [0.4, 0.5) is 0 Å². The molecule has 0 saturated heterocycles. The number of H-pyrrole nitrogens is 1. The molecule has 3 aromatic rings. The van der Waals surface area contributed by atoms with Crippen molar-refractivity contribution in [2.75, 3.05) is 0 Å². The van der Waals surface area contributed by atoms with Gasteiger partial charge in [-0.05, 0) is 30.0 Å². The van der Waals surface area contributed by atoms with Crippen molar-refractivity contribution in [1.82, 2.24) is 4.98 Å². The second-order valence-electron chi connectivity index (χ2n) is 5.59. The number of hydrogen-bond acceptors (Lipinski definition) is 0. The summed E-state index contributed by atoms with van der Waals surface area (Å²) < 4.78 is 0. The van der Waals surface area contributed by atoms with E-state index in [0.717, 1.165) is 12.3 Å². The van der Waals surface area contributed by atoms with Gasteiger partial charge >= 0.3 is 0 Å². The van der Waals surface area contributed by atoms with Crippen LogP contribution >= 0.6 is 0 Å². The Hall–Kier alpha value is -2.02. The molecule has 2 aromatic carbocycles. The molecule has 1 atom stereocenters. The van der Waals surface area contributed by atoms with Gasteiger partial charge in [0.05, 0.1) is 0 Å². The first kappa shape index (κ1) is 13.0. The molecular formula is C19H21N. The number of para-hydroxylation sites is 1. The molecule has 0 aliphatic heterocycles. The lowest BCUT2D eigenvalue weighted by Crippen LogP contribution is -1.87. The Morgan fingerprint density at radius 1 is 1.05 bits per heavy atom. The first-order valence-electron chi connectivity index (χ1n) is 7.45. The fourth-order valence-corrected chi connectivity index (χ4v) is 2.66. The van der Waals surface area contributed by atoms with Gasteiger partial charge in [0, 0.05) is 21.8 Å². The summed E-state index contributed by atoms with van der Waals surface area (Å²) >= 11 is 0. The summed E-state index contributed by atoms with van der Waals surface area (Å²) in [4.78, 5) is 3.49. The summed E-state index contributed by atoms with van der Waals surface area (Å²) in [5, 5.41) is 2.65. The summed E-state index contributed by atoms with van der Waals surface area (Å²) in [6, 6.07) is 15.0. The van der Waals surface area contributed by atoms with E-state index in [-0.39, 0.29) is 0 Å². The molecule has 1 heteroatoms. The monoisotopic (exact) mass is 263 g/mol. The van der Waals surface area contributed by atoms with Crippen molar-refractivity contribution in [3.8, 4) is 0 Å². The quantitative estimate of drug-likeness (QED) is 0.615. The standard InChI is InChI=1S/C19H21N/c1-3-14(2)8-6-9-15-10-7-13-18-19(15)16-11-4-5-12-17(16)20-18/h4-7,9-14,20H,3,8H2,1-2H3/b9-6-. The summed E-state index contributed by atoms with van der Waals surface area (Å²) in [5.74, 6) is 0.758. The SMILES string of the molecule is CCC(C)C/C=C\c1cccc2[nH]c3ccccc3c12. The fourth-order valence-electron chi connectivity index (χ4n) is 2.66. The van der Waals surface area contributed by atoms with Crippen molar-refractivity contribution in [1.29, 1.82) is 0 Å². The molecule has 0 radical (unpaired) electrons. The molecule has 1 aromatic heterocycles. The second kappa shape index (κ2) is 5.54. The molecule has 0 bridgehead atoms. The Bertz CT molecular complexity index is 749. The van der Waals surface area contributed by atoms with Crippen LogP contribution in [0.15, 0.2) is 48.5 Å². The lowest BCUT2D eigenvalue weighted by molar-refractivity contribution is 0.573. The number of benzene rings is 2. The number of nitrogens with one attached hydrogen (secondary N) is 1. The van der Waals surface area contributed by atoms with Gasteiger partial charge < -0.3 is 4.98 Å². The Morgan fingerprint density at radius 3 is 2.70 bits per heavy atom. The van der Waals surface area contributed by atoms with Gasteiger partial charge in [0.2, 0.25) is 0 Å². The number of aromatic nitrogens is 1. The van der Waals surface area contributed by atoms with E-state index in [1.807, 2.05) is 0 Å². The molecule has 0 aliphatic carbocycles. The first-order chi connectivity index (χ1) is 9.79. The molecule has 1 unspecified atom stereocenters. The van der Waals surface area contributed by atoms with Crippen molar-refractivity contribution in [3.63, 3.8) is 0 Å². The zero-order valence-corrected chi connectivity index (χ0v) is 12.2. The molecule has 0 amide bonds. The maximum Gasteiger partial charge on any atom is 0.0470 e. The maximum absolute atomic E-state index is 3.49. The topological polar surface area (TPSA) is 15.8 Å². The van der Waals surface area contributed by atoms with Crippen LogP contribution in [0.5, 0.6) is 0 Å². The third kappa shape index (κ3) is 2.36. The van der Waals surface area contributed by atoms with E-state index in [0.29, 0.717) is 0 Å². The smallest absolute Gasteiger partial charge is 0.0470 e. The number of aromatic amines is 1. The highest BCUT2D eigenvalue weighted by Crippen LogP contribution is 2.29. The van der Waals surface area contributed by atoms with E-state index in [9.17, 15) is 0 Å². The third-order valence-electron chi connectivity index (χ3n) is 4.10. The molecule has 0 saturated carbocycles. The van der Waals surface area contributed by atoms with Crippen molar-refractivity contribution < 1.29 is 0 Å². The summed E-state index contributed by atoms with van der Waals surface area (Å²) in [7, 11) is 0. The second-order valence-corrected chi connectivity index (χ2v) is 5.59. The van der Waals surface area contributed by atoms with Crippen LogP contribution in [0, 0.1) is 5.92 Å². The molecule has 0 fully saturated rings. The lowest BCUT2D eigenvalue weighted by atomic mass is 10.0. The minimum atomic E-state index is 0.758. The Labute approximate surface area is 120 Å². The van der Waals surface area contributed by atoms with E-state index in [2.05, 4.69) is 73.4 Å². The van der Waals surface area contributed by atoms with Crippen LogP contribution in [-0.4, -0.2) is 4.98 Å². The average molecular weight is 263 g/mol. The van der Waals surface area contributed by atoms with Gasteiger partial charge in [0.1, 0.15) is 0 Å². The first-order valence-corrected chi connectivity index (χ1v) is 7.45. The Balaban J connectivity index is 2.06. The van der Waals surface area contributed by atoms with Crippen LogP contribution in [0.25, 0.3) is 27.9 Å². The van der Waals surface area contributed by atoms with Crippen molar-refractivity contribution in [2.24, 2.45) is 5.92 Å². The molecule has 0 spiro atoms.